The zero-order valence-corrected chi connectivity index (χ0v) is 7.94. The van der Waals surface area contributed by atoms with Crippen molar-refractivity contribution < 1.29 is 14.9 Å². The minimum absolute atomic E-state index is 0.0644. The summed E-state index contributed by atoms with van der Waals surface area (Å²) in [6.45, 7) is 3.75. The number of aliphatic hydroxyl groups is 1. The molecule has 0 amide bonds. The summed E-state index contributed by atoms with van der Waals surface area (Å²) in [4.78, 5) is 0. The fourth-order valence-corrected chi connectivity index (χ4v) is 1.12. The largest absolute Gasteiger partial charge is 0.504 e. The molecule has 0 aliphatic carbocycles. The van der Waals surface area contributed by atoms with Crippen molar-refractivity contribution in [2.45, 2.75) is 6.42 Å². The van der Waals surface area contributed by atoms with Crippen molar-refractivity contribution in [1.29, 1.82) is 0 Å². The van der Waals surface area contributed by atoms with Gasteiger partial charge in [0.05, 0.1) is 6.61 Å². The molecule has 0 heterocycles. The van der Waals surface area contributed by atoms with Crippen LogP contribution in [0.3, 0.4) is 0 Å². The molecule has 1 aromatic carbocycles. The van der Waals surface area contributed by atoms with E-state index in [0.717, 1.165) is 12.0 Å². The van der Waals surface area contributed by atoms with Gasteiger partial charge in [0.2, 0.25) is 0 Å². The highest BCUT2D eigenvalue weighted by molar-refractivity contribution is 5.42. The second-order valence-corrected chi connectivity index (χ2v) is 2.87. The third-order valence-corrected chi connectivity index (χ3v) is 1.75. The Bertz CT molecular complexity index is 307. The SMILES string of the molecule is C=CCc1ccc(O)c(OCCO)c1. The van der Waals surface area contributed by atoms with Crippen LogP contribution in [-0.4, -0.2) is 23.4 Å². The number of aliphatic hydroxyl groups excluding tert-OH is 1. The zero-order valence-electron chi connectivity index (χ0n) is 7.94. The molecule has 1 aromatic rings. The van der Waals surface area contributed by atoms with Crippen molar-refractivity contribution in [3.63, 3.8) is 0 Å². The van der Waals surface area contributed by atoms with Crippen LogP contribution < -0.4 is 4.74 Å². The summed E-state index contributed by atoms with van der Waals surface area (Å²) in [5, 5.41) is 18.0. The number of phenolic OH excluding ortho intramolecular Hbond substituents is 1. The maximum absolute atomic E-state index is 9.40. The topological polar surface area (TPSA) is 49.7 Å². The van der Waals surface area contributed by atoms with E-state index in [-0.39, 0.29) is 19.0 Å². The average Bonchev–Trinajstić information content (AvgIpc) is 2.19. The molecular formula is C11H14O3. The number of benzene rings is 1. The number of allylic oxidation sites excluding steroid dienone is 1. The molecule has 0 saturated heterocycles. The van der Waals surface area contributed by atoms with Gasteiger partial charge in [-0.1, -0.05) is 12.1 Å². The van der Waals surface area contributed by atoms with Crippen LogP contribution in [0.1, 0.15) is 5.56 Å². The summed E-state index contributed by atoms with van der Waals surface area (Å²) in [5.74, 6) is 0.490. The Morgan fingerprint density at radius 1 is 1.43 bits per heavy atom. The van der Waals surface area contributed by atoms with E-state index in [2.05, 4.69) is 6.58 Å². The fourth-order valence-electron chi connectivity index (χ4n) is 1.12. The molecule has 14 heavy (non-hydrogen) atoms. The van der Waals surface area contributed by atoms with Gasteiger partial charge in [0.25, 0.3) is 0 Å². The Kier molecular flexibility index (Phi) is 4.01. The summed E-state index contributed by atoms with van der Waals surface area (Å²) in [6, 6.07) is 5.13. The van der Waals surface area contributed by atoms with Crippen LogP contribution in [0.15, 0.2) is 30.9 Å². The molecule has 0 aliphatic heterocycles. The van der Waals surface area contributed by atoms with Gasteiger partial charge >= 0.3 is 0 Å². The predicted molar refractivity (Wildman–Crippen MR) is 54.6 cm³/mol. The molecular weight excluding hydrogens is 180 g/mol. The Labute approximate surface area is 83.3 Å². The minimum atomic E-state index is -0.0644. The smallest absolute Gasteiger partial charge is 0.161 e. The van der Waals surface area contributed by atoms with Crippen LogP contribution in [0.4, 0.5) is 0 Å². The monoisotopic (exact) mass is 194 g/mol. The van der Waals surface area contributed by atoms with Gasteiger partial charge in [-0.2, -0.15) is 0 Å². The minimum Gasteiger partial charge on any atom is -0.504 e. The number of phenols is 1. The normalized spacial score (nSPS) is 9.79. The van der Waals surface area contributed by atoms with Crippen molar-refractivity contribution in [1.82, 2.24) is 0 Å². The van der Waals surface area contributed by atoms with Gasteiger partial charge in [-0.3, -0.25) is 0 Å². The van der Waals surface area contributed by atoms with Crippen LogP contribution >= 0.6 is 0 Å². The first-order chi connectivity index (χ1) is 6.77. The first-order valence-corrected chi connectivity index (χ1v) is 4.44. The molecule has 3 nitrogen and oxygen atoms in total. The van der Waals surface area contributed by atoms with Gasteiger partial charge < -0.3 is 14.9 Å². The Hall–Kier alpha value is -1.48. The number of hydrogen-bond acceptors (Lipinski definition) is 3. The van der Waals surface area contributed by atoms with E-state index in [0.29, 0.717) is 5.75 Å². The molecule has 0 spiro atoms. The van der Waals surface area contributed by atoms with Gasteiger partial charge in [-0.25, -0.2) is 0 Å². The molecule has 2 N–H and O–H groups in total. The van der Waals surface area contributed by atoms with Crippen LogP contribution in [0.2, 0.25) is 0 Å². The first-order valence-electron chi connectivity index (χ1n) is 4.44. The lowest BCUT2D eigenvalue weighted by atomic mass is 10.1. The predicted octanol–water partition coefficient (Wildman–Crippen LogP) is 1.49. The van der Waals surface area contributed by atoms with E-state index < -0.39 is 0 Å². The maximum atomic E-state index is 9.40. The average molecular weight is 194 g/mol. The van der Waals surface area contributed by atoms with Crippen molar-refractivity contribution in [3.8, 4) is 11.5 Å². The highest BCUT2D eigenvalue weighted by Crippen LogP contribution is 2.26. The van der Waals surface area contributed by atoms with E-state index in [4.69, 9.17) is 9.84 Å². The zero-order chi connectivity index (χ0) is 10.4. The third kappa shape index (κ3) is 2.78. The maximum Gasteiger partial charge on any atom is 0.161 e. The van der Waals surface area contributed by atoms with Crippen LogP contribution in [-0.2, 0) is 6.42 Å². The Morgan fingerprint density at radius 2 is 2.21 bits per heavy atom. The second-order valence-electron chi connectivity index (χ2n) is 2.87. The quantitative estimate of drug-likeness (QED) is 0.698. The summed E-state index contributed by atoms with van der Waals surface area (Å²) < 4.78 is 5.14. The van der Waals surface area contributed by atoms with Crippen molar-refractivity contribution in [3.05, 3.63) is 36.4 Å². The van der Waals surface area contributed by atoms with Crippen molar-refractivity contribution >= 4 is 0 Å². The first kappa shape index (κ1) is 10.6. The summed E-state index contributed by atoms with van der Waals surface area (Å²) >= 11 is 0. The van der Waals surface area contributed by atoms with Crippen LogP contribution in [0.5, 0.6) is 11.5 Å². The third-order valence-electron chi connectivity index (χ3n) is 1.75. The molecule has 0 aromatic heterocycles. The summed E-state index contributed by atoms with van der Waals surface area (Å²) in [5.41, 5.74) is 1.02. The van der Waals surface area contributed by atoms with Gasteiger partial charge in [0.1, 0.15) is 6.61 Å². The molecule has 1 rings (SSSR count). The van der Waals surface area contributed by atoms with E-state index in [9.17, 15) is 5.11 Å². The van der Waals surface area contributed by atoms with Crippen LogP contribution in [0.25, 0.3) is 0 Å². The van der Waals surface area contributed by atoms with Gasteiger partial charge in [-0.05, 0) is 24.1 Å². The van der Waals surface area contributed by atoms with Crippen molar-refractivity contribution in [2.24, 2.45) is 0 Å². The van der Waals surface area contributed by atoms with E-state index >= 15 is 0 Å². The summed E-state index contributed by atoms with van der Waals surface area (Å²) in [6.07, 6.45) is 2.51. The number of rotatable bonds is 5. The molecule has 0 bridgehead atoms. The second kappa shape index (κ2) is 5.29. The Morgan fingerprint density at radius 3 is 2.86 bits per heavy atom. The molecule has 0 aliphatic rings. The Balaban J connectivity index is 2.78. The van der Waals surface area contributed by atoms with E-state index in [1.54, 1.807) is 18.2 Å². The highest BCUT2D eigenvalue weighted by atomic mass is 16.5. The van der Waals surface area contributed by atoms with Gasteiger partial charge in [0, 0.05) is 0 Å². The highest BCUT2D eigenvalue weighted by Gasteiger charge is 2.02. The number of ether oxygens (including phenoxy) is 1. The van der Waals surface area contributed by atoms with Crippen molar-refractivity contribution in [2.75, 3.05) is 13.2 Å². The molecule has 76 valence electrons. The van der Waals surface area contributed by atoms with Gasteiger partial charge in [-0.15, -0.1) is 6.58 Å². The summed E-state index contributed by atoms with van der Waals surface area (Å²) in [7, 11) is 0. The number of aromatic hydroxyl groups is 1. The standard InChI is InChI=1S/C11H14O3/c1-2-3-9-4-5-10(13)11(8-9)14-7-6-12/h2,4-5,8,12-13H,1,3,6-7H2. The molecule has 3 heteroatoms. The molecule has 0 fully saturated rings. The lowest BCUT2D eigenvalue weighted by molar-refractivity contribution is 0.197. The van der Waals surface area contributed by atoms with E-state index in [1.165, 1.54) is 0 Å². The van der Waals surface area contributed by atoms with E-state index in [1.807, 2.05) is 6.07 Å². The van der Waals surface area contributed by atoms with Crippen LogP contribution in [0, 0.1) is 0 Å². The molecule has 0 unspecified atom stereocenters. The molecule has 0 radical (unpaired) electrons. The molecule has 0 saturated carbocycles. The molecule has 0 atom stereocenters. The van der Waals surface area contributed by atoms with Gasteiger partial charge in [0.15, 0.2) is 11.5 Å². The lowest BCUT2D eigenvalue weighted by Gasteiger charge is -2.07. The lowest BCUT2D eigenvalue weighted by Crippen LogP contribution is -2.02. The number of hydrogen-bond donors (Lipinski definition) is 2. The fraction of sp³-hybridized carbons (Fsp3) is 0.273.